The summed E-state index contributed by atoms with van der Waals surface area (Å²) < 4.78 is 1.71. The largest absolute Gasteiger partial charge is 0.870 e. The molecule has 2 heterocycles. The highest BCUT2D eigenvalue weighted by Gasteiger charge is 2.22. The van der Waals surface area contributed by atoms with E-state index in [1.165, 1.54) is 18.2 Å². The molecule has 0 aliphatic heterocycles. The third-order valence-electron chi connectivity index (χ3n) is 3.74. The van der Waals surface area contributed by atoms with Gasteiger partial charge in [-0.2, -0.15) is 0 Å². The van der Waals surface area contributed by atoms with Crippen LogP contribution in [0.5, 0.6) is 0 Å². The molecule has 0 aliphatic carbocycles. The van der Waals surface area contributed by atoms with Crippen LogP contribution in [0.3, 0.4) is 0 Å². The first-order valence-corrected chi connectivity index (χ1v) is 9.05. The number of carbonyl (C=O) groups is 1. The lowest BCUT2D eigenvalue weighted by atomic mass is 10.3. The first-order valence-electron chi connectivity index (χ1n) is 8.67. The Balaban J connectivity index is 0.00000341. The number of pyridine rings is 1. The van der Waals surface area contributed by atoms with Crippen molar-refractivity contribution in [3.05, 3.63) is 94.4 Å². The van der Waals surface area contributed by atoms with Gasteiger partial charge in [0, 0.05) is 24.0 Å². The van der Waals surface area contributed by atoms with Crippen LogP contribution in [0.2, 0.25) is 5.02 Å². The number of aldehydes is 1. The number of nitrogens with one attached hydrogen (secondary N) is 2. The summed E-state index contributed by atoms with van der Waals surface area (Å²) in [5, 5.41) is 17.1. The minimum atomic E-state index is -0.473. The Labute approximate surface area is 182 Å². The molecule has 3 rings (SSSR count). The number of allylic oxidation sites excluding steroid dienone is 3. The van der Waals surface area contributed by atoms with Gasteiger partial charge in [-0.25, -0.2) is 4.57 Å². The van der Waals surface area contributed by atoms with Crippen molar-refractivity contribution in [1.29, 1.82) is 0 Å². The summed E-state index contributed by atoms with van der Waals surface area (Å²) in [6, 6.07) is 11.4. The van der Waals surface area contributed by atoms with Gasteiger partial charge in [0.05, 0.1) is 17.3 Å². The smallest absolute Gasteiger partial charge is 0.441 e. The van der Waals surface area contributed by atoms with Gasteiger partial charge in [0.1, 0.15) is 6.29 Å². The second-order valence-electron chi connectivity index (χ2n) is 5.77. The molecule has 2 aromatic heterocycles. The molecule has 0 aliphatic rings. The van der Waals surface area contributed by atoms with E-state index < -0.39 is 4.92 Å². The molecule has 0 unspecified atom stereocenters. The van der Waals surface area contributed by atoms with Gasteiger partial charge >= 0.3 is 5.95 Å². The van der Waals surface area contributed by atoms with Gasteiger partial charge in [0.15, 0.2) is 5.02 Å². The predicted molar refractivity (Wildman–Crippen MR) is 115 cm³/mol. The summed E-state index contributed by atoms with van der Waals surface area (Å²) in [4.78, 5) is 29.6. The number of nitro groups is 1. The highest BCUT2D eigenvalue weighted by molar-refractivity contribution is 6.35. The SMILES string of the molecule is O=C/C=C/C=C/Nc1nc(-[n+]2ccccc2)nc(Nc2ccc([N+](=O)[O-])cc2)c1Cl.[OH-]. The fourth-order valence-electron chi connectivity index (χ4n) is 2.36. The summed E-state index contributed by atoms with van der Waals surface area (Å²) in [5.74, 6) is 0.994. The molecule has 31 heavy (non-hydrogen) atoms. The van der Waals surface area contributed by atoms with Crippen molar-refractivity contribution in [1.82, 2.24) is 9.97 Å². The molecule has 0 fully saturated rings. The first kappa shape index (κ1) is 23.1. The summed E-state index contributed by atoms with van der Waals surface area (Å²) in [6.07, 6.45) is 10.3. The van der Waals surface area contributed by atoms with E-state index in [-0.39, 0.29) is 16.2 Å². The van der Waals surface area contributed by atoms with E-state index in [4.69, 9.17) is 11.6 Å². The first-order chi connectivity index (χ1) is 14.6. The molecule has 0 saturated heterocycles. The molecule has 0 saturated carbocycles. The third-order valence-corrected chi connectivity index (χ3v) is 4.10. The van der Waals surface area contributed by atoms with Gasteiger partial charge in [-0.05, 0) is 46.4 Å². The Bertz CT molecular complexity index is 1100. The number of aromatic nitrogens is 3. The molecule has 3 aromatic rings. The Hall–Kier alpha value is -4.15. The molecule has 0 amide bonds. The van der Waals surface area contributed by atoms with E-state index in [0.717, 1.165) is 0 Å². The molecular weight excluding hydrogens is 424 g/mol. The van der Waals surface area contributed by atoms with E-state index in [1.807, 2.05) is 18.2 Å². The van der Waals surface area contributed by atoms with Crippen LogP contribution >= 0.6 is 11.6 Å². The van der Waals surface area contributed by atoms with Crippen LogP contribution < -0.4 is 15.2 Å². The topological polar surface area (TPSA) is 144 Å². The summed E-state index contributed by atoms with van der Waals surface area (Å²) >= 11 is 6.46. The fraction of sp³-hybridized carbons (Fsp3) is 0. The lowest BCUT2D eigenvalue weighted by Crippen LogP contribution is -2.32. The van der Waals surface area contributed by atoms with Crippen molar-refractivity contribution in [2.24, 2.45) is 0 Å². The molecule has 0 radical (unpaired) electrons. The summed E-state index contributed by atoms with van der Waals surface area (Å²) in [7, 11) is 0. The van der Waals surface area contributed by atoms with Crippen molar-refractivity contribution in [2.75, 3.05) is 10.6 Å². The Morgan fingerprint density at radius 1 is 1.00 bits per heavy atom. The van der Waals surface area contributed by atoms with Gasteiger partial charge in [-0.1, -0.05) is 23.7 Å². The van der Waals surface area contributed by atoms with Gasteiger partial charge < -0.3 is 16.1 Å². The highest BCUT2D eigenvalue weighted by Crippen LogP contribution is 2.30. The van der Waals surface area contributed by atoms with Gasteiger partial charge in [-0.15, -0.1) is 0 Å². The number of benzene rings is 1. The molecule has 10 nitrogen and oxygen atoms in total. The van der Waals surface area contributed by atoms with E-state index in [2.05, 4.69) is 20.6 Å². The van der Waals surface area contributed by atoms with Crippen molar-refractivity contribution in [3.63, 3.8) is 0 Å². The standard InChI is InChI=1S/C20H15ClN6O3.H2O/c21-17-18(22-11-3-1-6-14-28)24-20(26-12-4-2-5-13-26)25-19(17)23-15-7-9-16(10-8-15)27(29)30;/h1-14H,(H-,22,23,24,25,28);1H2. The van der Waals surface area contributed by atoms with Crippen LogP contribution in [-0.4, -0.2) is 26.7 Å². The third kappa shape index (κ3) is 6.16. The number of carbonyl (C=O) groups excluding carboxylic acids is 1. The molecule has 0 bridgehead atoms. The van der Waals surface area contributed by atoms with Crippen LogP contribution in [-0.2, 0) is 4.79 Å². The number of non-ortho nitro benzene ring substituents is 1. The van der Waals surface area contributed by atoms with Gasteiger partial charge in [0.2, 0.25) is 11.6 Å². The molecule has 158 valence electrons. The van der Waals surface area contributed by atoms with Crippen LogP contribution in [0.4, 0.5) is 23.0 Å². The van der Waals surface area contributed by atoms with Crippen molar-refractivity contribution in [2.45, 2.75) is 0 Å². The number of hydrogen-bond donors (Lipinski definition) is 2. The van der Waals surface area contributed by atoms with E-state index in [9.17, 15) is 14.9 Å². The molecule has 3 N–H and O–H groups in total. The second-order valence-corrected chi connectivity index (χ2v) is 6.15. The Kier molecular flexibility index (Phi) is 8.31. The molecule has 0 spiro atoms. The van der Waals surface area contributed by atoms with Crippen LogP contribution in [0.25, 0.3) is 5.95 Å². The maximum Gasteiger partial charge on any atom is 0.441 e. The average Bonchev–Trinajstić information content (AvgIpc) is 2.77. The number of halogens is 1. The number of hydrogen-bond acceptors (Lipinski definition) is 8. The minimum absolute atomic E-state index is 0. The number of nitro benzene ring substituents is 1. The van der Waals surface area contributed by atoms with Gasteiger partial charge in [0.25, 0.3) is 5.69 Å². The maximum absolute atomic E-state index is 10.8. The fourth-order valence-corrected chi connectivity index (χ4v) is 2.54. The zero-order chi connectivity index (χ0) is 21.3. The average molecular weight is 441 g/mol. The van der Waals surface area contributed by atoms with Crippen molar-refractivity contribution >= 4 is 40.9 Å². The van der Waals surface area contributed by atoms with E-state index >= 15 is 0 Å². The van der Waals surface area contributed by atoms with Crippen LogP contribution in [0.15, 0.2) is 79.3 Å². The number of anilines is 3. The quantitative estimate of drug-likeness (QED) is 0.135. The molecular formula is C20H17ClN6O4. The minimum Gasteiger partial charge on any atom is -0.870 e. The van der Waals surface area contributed by atoms with Crippen molar-refractivity contribution in [3.8, 4) is 5.95 Å². The monoisotopic (exact) mass is 440 g/mol. The number of rotatable bonds is 8. The van der Waals surface area contributed by atoms with E-state index in [0.29, 0.717) is 29.6 Å². The lowest BCUT2D eigenvalue weighted by Gasteiger charge is -2.07. The van der Waals surface area contributed by atoms with Crippen LogP contribution in [0.1, 0.15) is 0 Å². The molecule has 1 aromatic carbocycles. The molecule has 0 atom stereocenters. The lowest BCUT2D eigenvalue weighted by molar-refractivity contribution is -0.603. The Morgan fingerprint density at radius 2 is 1.68 bits per heavy atom. The predicted octanol–water partition coefficient (Wildman–Crippen LogP) is 3.56. The summed E-state index contributed by atoms with van der Waals surface area (Å²) in [6.45, 7) is 0. The summed E-state index contributed by atoms with van der Waals surface area (Å²) in [5.41, 5.74) is 0.548. The molecule has 11 heteroatoms. The van der Waals surface area contributed by atoms with E-state index in [1.54, 1.807) is 47.4 Å². The zero-order valence-corrected chi connectivity index (χ0v) is 16.7. The highest BCUT2D eigenvalue weighted by atomic mass is 35.5. The zero-order valence-electron chi connectivity index (χ0n) is 15.9. The number of nitrogens with zero attached hydrogens (tertiary/aromatic N) is 4. The van der Waals surface area contributed by atoms with Gasteiger partial charge in [-0.3, -0.25) is 14.9 Å². The normalized spacial score (nSPS) is 10.6. The van der Waals surface area contributed by atoms with Crippen molar-refractivity contribution < 1.29 is 19.8 Å². The van der Waals surface area contributed by atoms with Crippen LogP contribution in [0, 0.1) is 10.1 Å². The second kappa shape index (κ2) is 11.1. The maximum atomic E-state index is 10.8. The Morgan fingerprint density at radius 3 is 2.32 bits per heavy atom.